The molecule has 1 heteroatoms. The van der Waals surface area contributed by atoms with Crippen LogP contribution in [0.1, 0.15) is 20.8 Å². The Morgan fingerprint density at radius 3 is 2.80 bits per heavy atom. The summed E-state index contributed by atoms with van der Waals surface area (Å²) in [5.74, 6) is 0. The third kappa shape index (κ3) is 1.83. The Balaban J connectivity index is 2.93. The van der Waals surface area contributed by atoms with Crippen molar-refractivity contribution in [3.63, 3.8) is 0 Å². The van der Waals surface area contributed by atoms with Crippen molar-refractivity contribution in [2.24, 2.45) is 10.4 Å². The Bertz CT molecular complexity index is 207. The molecule has 0 radical (unpaired) electrons. The van der Waals surface area contributed by atoms with Crippen molar-refractivity contribution in [2.45, 2.75) is 20.8 Å². The molecule has 0 atom stereocenters. The van der Waals surface area contributed by atoms with Crippen LogP contribution in [0, 0.1) is 5.41 Å². The Kier molecular flexibility index (Phi) is 1.75. The highest BCUT2D eigenvalue weighted by atomic mass is 14.7. The van der Waals surface area contributed by atoms with Gasteiger partial charge in [-0.05, 0) is 12.5 Å². The summed E-state index contributed by atoms with van der Waals surface area (Å²) < 4.78 is 0. The summed E-state index contributed by atoms with van der Waals surface area (Å²) in [4.78, 5) is 4.07. The van der Waals surface area contributed by atoms with E-state index in [2.05, 4.69) is 37.9 Å². The average Bonchev–Trinajstić information content (AvgIpc) is 1.90. The average molecular weight is 135 g/mol. The fourth-order valence-corrected chi connectivity index (χ4v) is 1.07. The van der Waals surface area contributed by atoms with E-state index in [9.17, 15) is 0 Å². The standard InChI is InChI=1S/C9H13N/c1-8-6-9(2,3)4-5-10-7-8/h4-7H,1-3H3. The van der Waals surface area contributed by atoms with Crippen LogP contribution in [-0.4, -0.2) is 6.21 Å². The lowest BCUT2D eigenvalue weighted by Gasteiger charge is -2.12. The van der Waals surface area contributed by atoms with Crippen molar-refractivity contribution in [1.82, 2.24) is 0 Å². The largest absolute Gasteiger partial charge is 0.265 e. The predicted molar refractivity (Wildman–Crippen MR) is 45.2 cm³/mol. The first-order chi connectivity index (χ1) is 4.60. The number of allylic oxidation sites excluding steroid dienone is 3. The van der Waals surface area contributed by atoms with Gasteiger partial charge < -0.3 is 0 Å². The maximum atomic E-state index is 4.07. The molecule has 1 aliphatic heterocycles. The SMILES string of the molecule is CC1=CC(C)(C)C=CN=C1. The molecule has 0 spiro atoms. The van der Waals surface area contributed by atoms with Crippen molar-refractivity contribution in [3.8, 4) is 0 Å². The first-order valence-electron chi connectivity index (χ1n) is 3.50. The van der Waals surface area contributed by atoms with Crippen LogP contribution in [0.3, 0.4) is 0 Å². The molecule has 10 heavy (non-hydrogen) atoms. The van der Waals surface area contributed by atoms with Gasteiger partial charge in [-0.25, -0.2) is 0 Å². The van der Waals surface area contributed by atoms with Gasteiger partial charge in [-0.15, -0.1) is 0 Å². The number of nitrogens with zero attached hydrogens (tertiary/aromatic N) is 1. The molecule has 0 fully saturated rings. The van der Waals surface area contributed by atoms with Crippen LogP contribution in [0.4, 0.5) is 0 Å². The Morgan fingerprint density at radius 2 is 2.10 bits per heavy atom. The maximum Gasteiger partial charge on any atom is 0.0294 e. The van der Waals surface area contributed by atoms with Crippen molar-refractivity contribution in [2.75, 3.05) is 0 Å². The van der Waals surface area contributed by atoms with Crippen LogP contribution in [0.25, 0.3) is 0 Å². The van der Waals surface area contributed by atoms with E-state index < -0.39 is 0 Å². The minimum absolute atomic E-state index is 0.167. The van der Waals surface area contributed by atoms with Crippen molar-refractivity contribution in [1.29, 1.82) is 0 Å². The van der Waals surface area contributed by atoms with Gasteiger partial charge in [-0.2, -0.15) is 0 Å². The van der Waals surface area contributed by atoms with Gasteiger partial charge in [0.15, 0.2) is 0 Å². The van der Waals surface area contributed by atoms with Gasteiger partial charge in [0.1, 0.15) is 0 Å². The Hall–Kier alpha value is -0.850. The summed E-state index contributed by atoms with van der Waals surface area (Å²) >= 11 is 0. The summed E-state index contributed by atoms with van der Waals surface area (Å²) in [5, 5.41) is 0. The van der Waals surface area contributed by atoms with Crippen LogP contribution in [0.15, 0.2) is 28.9 Å². The molecule has 0 aromatic rings. The zero-order chi connectivity index (χ0) is 7.61. The van der Waals surface area contributed by atoms with Crippen LogP contribution in [0.5, 0.6) is 0 Å². The number of hydrogen-bond donors (Lipinski definition) is 0. The summed E-state index contributed by atoms with van der Waals surface area (Å²) in [6, 6.07) is 0. The lowest BCUT2D eigenvalue weighted by atomic mass is 9.92. The highest BCUT2D eigenvalue weighted by molar-refractivity contribution is 5.78. The molecule has 0 bridgehead atoms. The van der Waals surface area contributed by atoms with Crippen LogP contribution in [0.2, 0.25) is 0 Å². The fraction of sp³-hybridized carbons (Fsp3) is 0.444. The van der Waals surface area contributed by atoms with Crippen LogP contribution < -0.4 is 0 Å². The molecule has 0 aromatic carbocycles. The molecule has 0 saturated heterocycles. The molecule has 0 amide bonds. The zero-order valence-corrected chi connectivity index (χ0v) is 6.76. The van der Waals surface area contributed by atoms with E-state index in [4.69, 9.17) is 0 Å². The van der Waals surface area contributed by atoms with E-state index in [1.165, 1.54) is 5.57 Å². The lowest BCUT2D eigenvalue weighted by molar-refractivity contribution is 0.623. The van der Waals surface area contributed by atoms with E-state index in [1.807, 2.05) is 12.4 Å². The molecular formula is C9H13N. The summed E-state index contributed by atoms with van der Waals surface area (Å²) in [5.41, 5.74) is 1.40. The summed E-state index contributed by atoms with van der Waals surface area (Å²) in [6.07, 6.45) is 8.04. The van der Waals surface area contributed by atoms with Gasteiger partial charge in [-0.1, -0.05) is 26.0 Å². The summed E-state index contributed by atoms with van der Waals surface area (Å²) in [7, 11) is 0. The van der Waals surface area contributed by atoms with E-state index in [1.54, 1.807) is 0 Å². The Morgan fingerprint density at radius 1 is 1.40 bits per heavy atom. The predicted octanol–water partition coefficient (Wildman–Crippen LogP) is 2.56. The summed E-state index contributed by atoms with van der Waals surface area (Å²) in [6.45, 7) is 6.40. The first kappa shape index (κ1) is 7.26. The second kappa shape index (κ2) is 2.41. The van der Waals surface area contributed by atoms with Gasteiger partial charge >= 0.3 is 0 Å². The molecule has 1 heterocycles. The Labute approximate surface area is 62.2 Å². The fourth-order valence-electron chi connectivity index (χ4n) is 1.07. The van der Waals surface area contributed by atoms with Crippen molar-refractivity contribution < 1.29 is 0 Å². The molecule has 0 aliphatic carbocycles. The smallest absolute Gasteiger partial charge is 0.0294 e. The molecule has 1 nitrogen and oxygen atoms in total. The quantitative estimate of drug-likeness (QED) is 0.484. The highest BCUT2D eigenvalue weighted by Crippen LogP contribution is 2.21. The van der Waals surface area contributed by atoms with E-state index in [-0.39, 0.29) is 5.41 Å². The number of rotatable bonds is 0. The maximum absolute atomic E-state index is 4.07. The first-order valence-corrected chi connectivity index (χ1v) is 3.50. The molecule has 1 aliphatic rings. The highest BCUT2D eigenvalue weighted by Gasteiger charge is 2.10. The molecule has 0 saturated carbocycles. The topological polar surface area (TPSA) is 12.4 Å². The van der Waals surface area contributed by atoms with Crippen LogP contribution >= 0.6 is 0 Å². The molecule has 0 unspecified atom stereocenters. The van der Waals surface area contributed by atoms with Gasteiger partial charge in [0.05, 0.1) is 0 Å². The van der Waals surface area contributed by atoms with Crippen molar-refractivity contribution in [3.05, 3.63) is 23.9 Å². The monoisotopic (exact) mass is 135 g/mol. The second-order valence-electron chi connectivity index (χ2n) is 3.30. The van der Waals surface area contributed by atoms with E-state index in [0.29, 0.717) is 0 Å². The third-order valence-electron chi connectivity index (χ3n) is 1.47. The van der Waals surface area contributed by atoms with Crippen molar-refractivity contribution >= 4 is 6.21 Å². The minimum Gasteiger partial charge on any atom is -0.265 e. The molecular weight excluding hydrogens is 122 g/mol. The van der Waals surface area contributed by atoms with Gasteiger partial charge in [0.2, 0.25) is 0 Å². The van der Waals surface area contributed by atoms with Gasteiger partial charge in [0.25, 0.3) is 0 Å². The third-order valence-corrected chi connectivity index (χ3v) is 1.47. The zero-order valence-electron chi connectivity index (χ0n) is 6.76. The lowest BCUT2D eigenvalue weighted by Crippen LogP contribution is -2.02. The number of hydrogen-bond acceptors (Lipinski definition) is 1. The molecule has 54 valence electrons. The normalized spacial score (nSPS) is 22.1. The van der Waals surface area contributed by atoms with Gasteiger partial charge in [0, 0.05) is 17.8 Å². The van der Waals surface area contributed by atoms with Crippen LogP contribution in [-0.2, 0) is 0 Å². The minimum atomic E-state index is 0.167. The number of aliphatic imine (C=N–C) groups is 1. The molecule has 0 aromatic heterocycles. The van der Waals surface area contributed by atoms with Gasteiger partial charge in [-0.3, -0.25) is 4.99 Å². The van der Waals surface area contributed by atoms with E-state index >= 15 is 0 Å². The molecule has 1 rings (SSSR count). The molecule has 0 N–H and O–H groups in total. The van der Waals surface area contributed by atoms with E-state index in [0.717, 1.165) is 0 Å². The second-order valence-corrected chi connectivity index (χ2v) is 3.30.